The van der Waals surface area contributed by atoms with E-state index in [9.17, 15) is 0 Å². The molecule has 100 valence electrons. The SMILES string of the molecule is Brc1ccc(CNC2CCCOC2)c2ncccc12. The smallest absolute Gasteiger partial charge is 0.0758 e. The fourth-order valence-corrected chi connectivity index (χ4v) is 2.95. The van der Waals surface area contributed by atoms with Gasteiger partial charge >= 0.3 is 0 Å². The van der Waals surface area contributed by atoms with Crippen molar-refractivity contribution in [2.45, 2.75) is 25.4 Å². The van der Waals surface area contributed by atoms with Gasteiger partial charge in [0.2, 0.25) is 0 Å². The van der Waals surface area contributed by atoms with Crippen molar-refractivity contribution in [2.75, 3.05) is 13.2 Å². The molecule has 2 aromatic rings. The molecule has 1 atom stereocenters. The van der Waals surface area contributed by atoms with Crippen LogP contribution >= 0.6 is 15.9 Å². The predicted octanol–water partition coefficient (Wildman–Crippen LogP) is 3.27. The van der Waals surface area contributed by atoms with Crippen LogP contribution in [0.1, 0.15) is 18.4 Å². The maximum absolute atomic E-state index is 5.49. The van der Waals surface area contributed by atoms with Gasteiger partial charge in [-0.25, -0.2) is 0 Å². The van der Waals surface area contributed by atoms with Crippen molar-refractivity contribution < 1.29 is 4.74 Å². The molecule has 0 amide bonds. The number of ether oxygens (including phenoxy) is 1. The maximum atomic E-state index is 5.49. The molecule has 1 aromatic heterocycles. The lowest BCUT2D eigenvalue weighted by Gasteiger charge is -2.23. The monoisotopic (exact) mass is 320 g/mol. The van der Waals surface area contributed by atoms with Crippen LogP contribution < -0.4 is 5.32 Å². The number of halogens is 1. The van der Waals surface area contributed by atoms with Gasteiger partial charge in [0.25, 0.3) is 0 Å². The molecule has 1 unspecified atom stereocenters. The molecule has 2 heterocycles. The minimum atomic E-state index is 0.469. The summed E-state index contributed by atoms with van der Waals surface area (Å²) < 4.78 is 6.59. The Morgan fingerprint density at radius 1 is 1.37 bits per heavy atom. The van der Waals surface area contributed by atoms with Crippen molar-refractivity contribution in [3.05, 3.63) is 40.5 Å². The van der Waals surface area contributed by atoms with Crippen molar-refractivity contribution in [1.29, 1.82) is 0 Å². The fourth-order valence-electron chi connectivity index (χ4n) is 2.50. The van der Waals surface area contributed by atoms with Gasteiger partial charge in [-0.3, -0.25) is 4.98 Å². The van der Waals surface area contributed by atoms with Crippen LogP contribution in [0.5, 0.6) is 0 Å². The summed E-state index contributed by atoms with van der Waals surface area (Å²) in [4.78, 5) is 4.50. The summed E-state index contributed by atoms with van der Waals surface area (Å²) >= 11 is 3.58. The summed E-state index contributed by atoms with van der Waals surface area (Å²) in [6.45, 7) is 2.57. The van der Waals surface area contributed by atoms with E-state index in [1.165, 1.54) is 17.4 Å². The van der Waals surface area contributed by atoms with E-state index in [1.54, 1.807) is 0 Å². The number of nitrogens with one attached hydrogen (secondary N) is 1. The Morgan fingerprint density at radius 3 is 3.16 bits per heavy atom. The molecular formula is C15H17BrN2O. The Balaban J connectivity index is 1.79. The van der Waals surface area contributed by atoms with Crippen molar-refractivity contribution in [3.63, 3.8) is 0 Å². The fraction of sp³-hybridized carbons (Fsp3) is 0.400. The third-order valence-corrected chi connectivity index (χ3v) is 4.23. The Labute approximate surface area is 121 Å². The normalized spacial score (nSPS) is 19.7. The predicted molar refractivity (Wildman–Crippen MR) is 80.1 cm³/mol. The summed E-state index contributed by atoms with van der Waals surface area (Å²) in [5, 5.41) is 4.74. The molecule has 0 radical (unpaired) electrons. The minimum absolute atomic E-state index is 0.469. The number of hydrogen-bond acceptors (Lipinski definition) is 3. The molecule has 0 saturated carbocycles. The van der Waals surface area contributed by atoms with E-state index < -0.39 is 0 Å². The first-order valence-electron chi connectivity index (χ1n) is 6.68. The van der Waals surface area contributed by atoms with E-state index in [-0.39, 0.29) is 0 Å². The van der Waals surface area contributed by atoms with Crippen molar-refractivity contribution in [2.24, 2.45) is 0 Å². The van der Waals surface area contributed by atoms with E-state index in [0.717, 1.165) is 36.2 Å². The van der Waals surface area contributed by atoms with Crippen molar-refractivity contribution in [1.82, 2.24) is 10.3 Å². The maximum Gasteiger partial charge on any atom is 0.0758 e. The Hall–Kier alpha value is -0.970. The largest absolute Gasteiger partial charge is 0.380 e. The quantitative estimate of drug-likeness (QED) is 0.942. The van der Waals surface area contributed by atoms with Gasteiger partial charge in [-0.1, -0.05) is 28.1 Å². The number of rotatable bonds is 3. The standard InChI is InChI=1S/C15H17BrN2O/c16-14-6-5-11(15-13(14)4-1-7-17-15)9-18-12-3-2-8-19-10-12/h1,4-7,12,18H,2-3,8-10H2. The molecule has 1 aliphatic rings. The highest BCUT2D eigenvalue weighted by atomic mass is 79.9. The highest BCUT2D eigenvalue weighted by molar-refractivity contribution is 9.10. The van der Waals surface area contributed by atoms with Crippen LogP contribution in [0, 0.1) is 0 Å². The van der Waals surface area contributed by atoms with Crippen molar-refractivity contribution in [3.8, 4) is 0 Å². The molecule has 3 rings (SSSR count). The third-order valence-electron chi connectivity index (χ3n) is 3.54. The second-order valence-electron chi connectivity index (χ2n) is 4.90. The first-order valence-corrected chi connectivity index (χ1v) is 7.47. The Kier molecular flexibility index (Phi) is 4.11. The summed E-state index contributed by atoms with van der Waals surface area (Å²) in [6.07, 6.45) is 4.20. The number of benzene rings is 1. The lowest BCUT2D eigenvalue weighted by Crippen LogP contribution is -2.36. The zero-order chi connectivity index (χ0) is 13.1. The summed E-state index contributed by atoms with van der Waals surface area (Å²) in [6, 6.07) is 8.77. The van der Waals surface area contributed by atoms with Crippen LogP contribution in [0.15, 0.2) is 34.9 Å². The van der Waals surface area contributed by atoms with E-state index in [4.69, 9.17) is 4.74 Å². The molecule has 4 heteroatoms. The minimum Gasteiger partial charge on any atom is -0.380 e. The molecule has 3 nitrogen and oxygen atoms in total. The molecule has 1 aliphatic heterocycles. The van der Waals surface area contributed by atoms with Crippen LogP contribution in [0.2, 0.25) is 0 Å². The van der Waals surface area contributed by atoms with Crippen LogP contribution in [0.25, 0.3) is 10.9 Å². The second-order valence-corrected chi connectivity index (χ2v) is 5.76. The zero-order valence-electron chi connectivity index (χ0n) is 10.7. The average molecular weight is 321 g/mol. The molecule has 0 bridgehead atoms. The van der Waals surface area contributed by atoms with Crippen LogP contribution in [0.4, 0.5) is 0 Å². The number of fused-ring (bicyclic) bond motifs is 1. The van der Waals surface area contributed by atoms with Crippen LogP contribution in [-0.2, 0) is 11.3 Å². The van der Waals surface area contributed by atoms with Gasteiger partial charge in [0.05, 0.1) is 12.1 Å². The van der Waals surface area contributed by atoms with Gasteiger partial charge in [-0.15, -0.1) is 0 Å². The molecular weight excluding hydrogens is 304 g/mol. The molecule has 1 N–H and O–H groups in total. The van der Waals surface area contributed by atoms with Gasteiger partial charge in [0.15, 0.2) is 0 Å². The molecule has 0 aliphatic carbocycles. The number of nitrogens with zero attached hydrogens (tertiary/aromatic N) is 1. The van der Waals surface area contributed by atoms with E-state index >= 15 is 0 Å². The molecule has 1 fully saturated rings. The van der Waals surface area contributed by atoms with Gasteiger partial charge in [-0.05, 0) is 30.5 Å². The topological polar surface area (TPSA) is 34.1 Å². The van der Waals surface area contributed by atoms with Gasteiger partial charge < -0.3 is 10.1 Å². The number of hydrogen-bond donors (Lipinski definition) is 1. The average Bonchev–Trinajstić information content (AvgIpc) is 2.48. The van der Waals surface area contributed by atoms with E-state index in [2.05, 4.69) is 44.4 Å². The van der Waals surface area contributed by atoms with Crippen molar-refractivity contribution >= 4 is 26.8 Å². The number of pyridine rings is 1. The van der Waals surface area contributed by atoms with E-state index in [1.807, 2.05) is 12.3 Å². The van der Waals surface area contributed by atoms with Crippen LogP contribution in [-0.4, -0.2) is 24.2 Å². The number of aromatic nitrogens is 1. The molecule has 19 heavy (non-hydrogen) atoms. The molecule has 0 spiro atoms. The zero-order valence-corrected chi connectivity index (χ0v) is 12.3. The second kappa shape index (κ2) is 5.99. The summed E-state index contributed by atoms with van der Waals surface area (Å²) in [5.74, 6) is 0. The highest BCUT2D eigenvalue weighted by Gasteiger charge is 2.13. The Bertz CT molecular complexity index is 567. The molecule has 1 saturated heterocycles. The summed E-state index contributed by atoms with van der Waals surface area (Å²) in [7, 11) is 0. The van der Waals surface area contributed by atoms with Gasteiger partial charge in [-0.2, -0.15) is 0 Å². The first-order chi connectivity index (χ1) is 9.34. The lowest BCUT2D eigenvalue weighted by atomic mass is 10.1. The first kappa shape index (κ1) is 13.0. The highest BCUT2D eigenvalue weighted by Crippen LogP contribution is 2.25. The molecule has 1 aromatic carbocycles. The third kappa shape index (κ3) is 2.96. The summed E-state index contributed by atoms with van der Waals surface area (Å²) in [5.41, 5.74) is 2.31. The van der Waals surface area contributed by atoms with Gasteiger partial charge in [0, 0.05) is 35.2 Å². The van der Waals surface area contributed by atoms with E-state index in [0.29, 0.717) is 6.04 Å². The van der Waals surface area contributed by atoms with Gasteiger partial charge in [0.1, 0.15) is 0 Å². The lowest BCUT2D eigenvalue weighted by molar-refractivity contribution is 0.0700. The van der Waals surface area contributed by atoms with Crippen LogP contribution in [0.3, 0.4) is 0 Å². The Morgan fingerprint density at radius 2 is 2.32 bits per heavy atom.